The average molecular weight is 349 g/mol. The Balaban J connectivity index is 2.44. The van der Waals surface area contributed by atoms with Crippen molar-refractivity contribution in [2.75, 3.05) is 7.11 Å². The predicted molar refractivity (Wildman–Crippen MR) is 104 cm³/mol. The van der Waals surface area contributed by atoms with Crippen LogP contribution >= 0.6 is 0 Å². The summed E-state index contributed by atoms with van der Waals surface area (Å²) in [4.78, 5) is 12.5. The summed E-state index contributed by atoms with van der Waals surface area (Å²) in [6.45, 7) is 4.42. The van der Waals surface area contributed by atoms with Crippen LogP contribution in [0.4, 0.5) is 0 Å². The lowest BCUT2D eigenvalue weighted by Gasteiger charge is -2.18. The van der Waals surface area contributed by atoms with Crippen molar-refractivity contribution in [2.45, 2.75) is 90.6 Å². The van der Waals surface area contributed by atoms with Gasteiger partial charge in [0.2, 0.25) is 0 Å². The van der Waals surface area contributed by atoms with Crippen LogP contribution in [0, 0.1) is 0 Å². The first-order valence-electron chi connectivity index (χ1n) is 10.1. The van der Waals surface area contributed by atoms with Crippen molar-refractivity contribution >= 4 is 5.97 Å². The van der Waals surface area contributed by atoms with Gasteiger partial charge in [-0.05, 0) is 31.4 Å². The van der Waals surface area contributed by atoms with E-state index in [-0.39, 0.29) is 12.1 Å². The minimum absolute atomic E-state index is 0.0213. The number of unbranched alkanes of at least 4 members (excludes halogenated alkanes) is 7. The van der Waals surface area contributed by atoms with E-state index in [0.717, 1.165) is 32.1 Å². The van der Waals surface area contributed by atoms with Gasteiger partial charge in [0.1, 0.15) is 17.4 Å². The van der Waals surface area contributed by atoms with E-state index in [0.29, 0.717) is 11.3 Å². The Morgan fingerprint density at radius 1 is 0.880 bits per heavy atom. The number of rotatable bonds is 14. The molecule has 0 aromatic heterocycles. The van der Waals surface area contributed by atoms with Crippen LogP contribution in [-0.2, 0) is 4.74 Å². The summed E-state index contributed by atoms with van der Waals surface area (Å²) in [5.74, 6) is 0.319. The summed E-state index contributed by atoms with van der Waals surface area (Å²) in [6, 6.07) is 7.28. The zero-order valence-corrected chi connectivity index (χ0v) is 16.4. The third kappa shape index (κ3) is 8.94. The van der Waals surface area contributed by atoms with E-state index in [1.807, 2.05) is 12.1 Å². The fourth-order valence-electron chi connectivity index (χ4n) is 3.05. The number of ether oxygens (including phenoxy) is 2. The molecule has 0 radical (unpaired) electrons. The van der Waals surface area contributed by atoms with Crippen LogP contribution in [0.5, 0.6) is 5.75 Å². The molecule has 1 rings (SSSR count). The van der Waals surface area contributed by atoms with E-state index in [1.165, 1.54) is 38.5 Å². The molecule has 0 saturated carbocycles. The maximum atomic E-state index is 12.5. The molecular formula is C22H36O3. The molecule has 0 saturated heterocycles. The van der Waals surface area contributed by atoms with E-state index in [1.54, 1.807) is 19.2 Å². The monoisotopic (exact) mass is 348 g/mol. The molecule has 0 heterocycles. The number of carbonyl (C=O) groups is 1. The number of hydrogen-bond acceptors (Lipinski definition) is 3. The topological polar surface area (TPSA) is 35.5 Å². The molecule has 3 nitrogen and oxygen atoms in total. The second kappa shape index (κ2) is 13.7. The number of para-hydroxylation sites is 1. The molecule has 142 valence electrons. The molecule has 3 heteroatoms. The minimum Gasteiger partial charge on any atom is -0.496 e. The highest BCUT2D eigenvalue weighted by molar-refractivity contribution is 5.92. The van der Waals surface area contributed by atoms with Gasteiger partial charge in [0.15, 0.2) is 0 Å². The van der Waals surface area contributed by atoms with Crippen molar-refractivity contribution < 1.29 is 14.3 Å². The number of methoxy groups -OCH3 is 1. The molecule has 0 aliphatic carbocycles. The second-order valence-corrected chi connectivity index (χ2v) is 6.78. The molecule has 0 amide bonds. The highest BCUT2D eigenvalue weighted by Gasteiger charge is 2.18. The summed E-state index contributed by atoms with van der Waals surface area (Å²) >= 11 is 0. The second-order valence-electron chi connectivity index (χ2n) is 6.78. The van der Waals surface area contributed by atoms with Gasteiger partial charge in [-0.15, -0.1) is 0 Å². The third-order valence-corrected chi connectivity index (χ3v) is 4.61. The van der Waals surface area contributed by atoms with E-state index in [2.05, 4.69) is 13.8 Å². The Morgan fingerprint density at radius 2 is 1.48 bits per heavy atom. The number of benzene rings is 1. The van der Waals surface area contributed by atoms with Gasteiger partial charge in [-0.2, -0.15) is 0 Å². The maximum Gasteiger partial charge on any atom is 0.342 e. The molecule has 0 bridgehead atoms. The molecule has 1 unspecified atom stereocenters. The Labute approximate surface area is 154 Å². The largest absolute Gasteiger partial charge is 0.496 e. The highest BCUT2D eigenvalue weighted by Crippen LogP contribution is 2.21. The SMILES string of the molecule is CCCCCCCCCC(CCCC)OC(=O)c1ccccc1OC. The van der Waals surface area contributed by atoms with Crippen LogP contribution in [0.3, 0.4) is 0 Å². The fourth-order valence-corrected chi connectivity index (χ4v) is 3.05. The number of esters is 1. The van der Waals surface area contributed by atoms with E-state index >= 15 is 0 Å². The zero-order valence-electron chi connectivity index (χ0n) is 16.4. The maximum absolute atomic E-state index is 12.5. The van der Waals surface area contributed by atoms with Crippen LogP contribution in [0.15, 0.2) is 24.3 Å². The Morgan fingerprint density at radius 3 is 2.16 bits per heavy atom. The first kappa shape index (κ1) is 21.5. The predicted octanol–water partition coefficient (Wildman–Crippen LogP) is 6.55. The summed E-state index contributed by atoms with van der Waals surface area (Å²) in [5, 5.41) is 0. The summed E-state index contributed by atoms with van der Waals surface area (Å²) in [7, 11) is 1.58. The lowest BCUT2D eigenvalue weighted by atomic mass is 10.0. The number of hydrogen-bond donors (Lipinski definition) is 0. The van der Waals surface area contributed by atoms with E-state index in [4.69, 9.17) is 9.47 Å². The van der Waals surface area contributed by atoms with Crippen molar-refractivity contribution in [3.8, 4) is 5.75 Å². The van der Waals surface area contributed by atoms with Gasteiger partial charge in [-0.1, -0.05) is 77.3 Å². The minimum atomic E-state index is -0.263. The molecule has 0 spiro atoms. The summed E-state index contributed by atoms with van der Waals surface area (Å²) in [6.07, 6.45) is 13.1. The van der Waals surface area contributed by atoms with Crippen molar-refractivity contribution in [1.29, 1.82) is 0 Å². The Bertz CT molecular complexity index is 470. The van der Waals surface area contributed by atoms with Crippen LogP contribution in [0.2, 0.25) is 0 Å². The average Bonchev–Trinajstić information content (AvgIpc) is 2.64. The zero-order chi connectivity index (χ0) is 18.3. The molecule has 0 aliphatic rings. The smallest absolute Gasteiger partial charge is 0.342 e. The van der Waals surface area contributed by atoms with Gasteiger partial charge < -0.3 is 9.47 Å². The lowest BCUT2D eigenvalue weighted by molar-refractivity contribution is 0.0246. The van der Waals surface area contributed by atoms with E-state index < -0.39 is 0 Å². The first-order valence-corrected chi connectivity index (χ1v) is 10.1. The van der Waals surface area contributed by atoms with Crippen molar-refractivity contribution in [2.24, 2.45) is 0 Å². The standard InChI is InChI=1S/C22H36O3/c1-4-6-8-9-10-11-12-16-19(15-7-5-2)25-22(23)20-17-13-14-18-21(20)24-3/h13-14,17-19H,4-12,15-16H2,1-3H3. The molecule has 1 aromatic rings. The molecule has 0 aliphatic heterocycles. The Kier molecular flexibility index (Phi) is 11.8. The molecule has 1 atom stereocenters. The summed E-state index contributed by atoms with van der Waals surface area (Å²) < 4.78 is 11.1. The van der Waals surface area contributed by atoms with Crippen molar-refractivity contribution in [1.82, 2.24) is 0 Å². The normalized spacial score (nSPS) is 12.0. The van der Waals surface area contributed by atoms with Gasteiger partial charge in [0, 0.05) is 0 Å². The van der Waals surface area contributed by atoms with Crippen LogP contribution in [-0.4, -0.2) is 19.2 Å². The molecular weight excluding hydrogens is 312 g/mol. The van der Waals surface area contributed by atoms with Crippen molar-refractivity contribution in [3.05, 3.63) is 29.8 Å². The fraction of sp³-hybridized carbons (Fsp3) is 0.682. The van der Waals surface area contributed by atoms with Gasteiger partial charge in [0.25, 0.3) is 0 Å². The number of carbonyl (C=O) groups excluding carboxylic acids is 1. The van der Waals surface area contributed by atoms with Crippen molar-refractivity contribution in [3.63, 3.8) is 0 Å². The van der Waals surface area contributed by atoms with Gasteiger partial charge >= 0.3 is 5.97 Å². The lowest BCUT2D eigenvalue weighted by Crippen LogP contribution is -2.19. The van der Waals surface area contributed by atoms with Gasteiger partial charge in [-0.25, -0.2) is 4.79 Å². The first-order chi connectivity index (χ1) is 12.2. The van der Waals surface area contributed by atoms with Crippen LogP contribution in [0.1, 0.15) is 94.8 Å². The molecule has 0 N–H and O–H groups in total. The van der Waals surface area contributed by atoms with Gasteiger partial charge in [0.05, 0.1) is 7.11 Å². The van der Waals surface area contributed by atoms with Crippen LogP contribution < -0.4 is 4.74 Å². The highest BCUT2D eigenvalue weighted by atomic mass is 16.5. The molecule has 0 fully saturated rings. The van der Waals surface area contributed by atoms with Crippen LogP contribution in [0.25, 0.3) is 0 Å². The quantitative estimate of drug-likeness (QED) is 0.282. The Hall–Kier alpha value is -1.51. The molecule has 25 heavy (non-hydrogen) atoms. The molecule has 1 aromatic carbocycles. The summed E-state index contributed by atoms with van der Waals surface area (Å²) in [5.41, 5.74) is 0.520. The van der Waals surface area contributed by atoms with E-state index in [9.17, 15) is 4.79 Å². The van der Waals surface area contributed by atoms with Gasteiger partial charge in [-0.3, -0.25) is 0 Å². The third-order valence-electron chi connectivity index (χ3n) is 4.61.